The number of benzene rings is 3. The van der Waals surface area contributed by atoms with Crippen molar-refractivity contribution in [3.05, 3.63) is 83.9 Å². The molecule has 0 spiro atoms. The van der Waals surface area contributed by atoms with Crippen LogP contribution < -0.4 is 5.32 Å². The van der Waals surface area contributed by atoms with Crippen molar-refractivity contribution in [3.63, 3.8) is 0 Å². The Bertz CT molecular complexity index is 882. The third kappa shape index (κ3) is 4.20. The lowest BCUT2D eigenvalue weighted by Crippen LogP contribution is -2.88. The summed E-state index contributed by atoms with van der Waals surface area (Å²) < 4.78 is 0. The van der Waals surface area contributed by atoms with Crippen molar-refractivity contribution >= 4 is 16.7 Å². The van der Waals surface area contributed by atoms with Gasteiger partial charge < -0.3 is 10.2 Å². The zero-order valence-electron chi connectivity index (χ0n) is 16.4. The second-order valence-electron chi connectivity index (χ2n) is 6.95. The summed E-state index contributed by atoms with van der Waals surface area (Å²) in [5, 5.41) is 4.70. The van der Waals surface area contributed by atoms with Gasteiger partial charge in [-0.1, -0.05) is 72.8 Å². The molecule has 3 nitrogen and oxygen atoms in total. The Morgan fingerprint density at radius 2 is 1.52 bits per heavy atom. The van der Waals surface area contributed by atoms with Crippen molar-refractivity contribution < 1.29 is 10.1 Å². The van der Waals surface area contributed by atoms with Crippen LogP contribution >= 0.6 is 0 Å². The molecule has 0 radical (unpaired) electrons. The fraction of sp³-hybridized carbons (Fsp3) is 0.292. The quantitative estimate of drug-likeness (QED) is 0.676. The van der Waals surface area contributed by atoms with Crippen LogP contribution in [0.1, 0.15) is 44.0 Å². The first kappa shape index (κ1) is 19.1. The molecule has 2 atom stereocenters. The summed E-state index contributed by atoms with van der Waals surface area (Å²) in [6.45, 7) is 7.73. The molecule has 0 aliphatic heterocycles. The monoisotopic (exact) mass is 361 g/mol. The maximum absolute atomic E-state index is 13.2. The van der Waals surface area contributed by atoms with Crippen LogP contribution in [-0.2, 0) is 4.79 Å². The van der Waals surface area contributed by atoms with Crippen LogP contribution in [-0.4, -0.2) is 23.9 Å². The Hall–Kier alpha value is -2.65. The van der Waals surface area contributed by atoms with E-state index in [1.165, 1.54) is 16.3 Å². The minimum Gasteiger partial charge on any atom is -0.338 e. The standard InChI is InChI=1S/C24H28N2O/c1-4-26(5-2)24(27)23(20-13-7-6-8-14-20)25-18(3)21-17-11-15-19-12-9-10-16-22(19)21/h6-18,23,25H,4-5H2,1-3H3/p+1/t18-,23-/m1/s1. The fourth-order valence-corrected chi connectivity index (χ4v) is 3.77. The summed E-state index contributed by atoms with van der Waals surface area (Å²) >= 11 is 0. The number of hydrogen-bond acceptors (Lipinski definition) is 1. The van der Waals surface area contributed by atoms with Crippen LogP contribution in [0.15, 0.2) is 72.8 Å². The second kappa shape index (κ2) is 8.83. The Morgan fingerprint density at radius 1 is 0.889 bits per heavy atom. The Balaban J connectivity index is 1.94. The highest BCUT2D eigenvalue weighted by Crippen LogP contribution is 2.23. The number of amides is 1. The number of hydrogen-bond donors (Lipinski definition) is 1. The van der Waals surface area contributed by atoms with Crippen LogP contribution in [0.3, 0.4) is 0 Å². The first-order chi connectivity index (χ1) is 13.2. The largest absolute Gasteiger partial charge is 0.338 e. The molecule has 0 saturated carbocycles. The van der Waals surface area contributed by atoms with Gasteiger partial charge in [-0.05, 0) is 31.5 Å². The summed E-state index contributed by atoms with van der Waals surface area (Å²) in [6.07, 6.45) is 0. The van der Waals surface area contributed by atoms with Gasteiger partial charge >= 0.3 is 0 Å². The van der Waals surface area contributed by atoms with E-state index in [9.17, 15) is 4.79 Å². The summed E-state index contributed by atoms with van der Waals surface area (Å²) in [5.74, 6) is 0.179. The van der Waals surface area contributed by atoms with Crippen LogP contribution in [0.2, 0.25) is 0 Å². The van der Waals surface area contributed by atoms with Crippen molar-refractivity contribution in [2.24, 2.45) is 0 Å². The summed E-state index contributed by atoms with van der Waals surface area (Å²) in [7, 11) is 0. The molecule has 3 rings (SSSR count). The van der Waals surface area contributed by atoms with Gasteiger partial charge in [0.05, 0.1) is 0 Å². The molecule has 3 heteroatoms. The lowest BCUT2D eigenvalue weighted by atomic mass is 9.97. The number of fused-ring (bicyclic) bond motifs is 1. The number of nitrogens with zero attached hydrogens (tertiary/aromatic N) is 1. The van der Waals surface area contributed by atoms with E-state index in [2.05, 4.69) is 66.8 Å². The molecule has 1 amide bonds. The Labute approximate surface area is 162 Å². The zero-order chi connectivity index (χ0) is 19.2. The van der Waals surface area contributed by atoms with Gasteiger partial charge in [-0.2, -0.15) is 0 Å². The molecular weight excluding hydrogens is 332 g/mol. The molecule has 0 aliphatic rings. The maximum Gasteiger partial charge on any atom is 0.285 e. The highest BCUT2D eigenvalue weighted by molar-refractivity contribution is 5.86. The summed E-state index contributed by atoms with van der Waals surface area (Å²) in [6, 6.07) is 24.9. The van der Waals surface area contributed by atoms with E-state index in [0.29, 0.717) is 0 Å². The first-order valence-electron chi connectivity index (χ1n) is 9.82. The minimum absolute atomic E-state index is 0.167. The van der Waals surface area contributed by atoms with Gasteiger partial charge in [0.25, 0.3) is 5.91 Å². The predicted molar refractivity (Wildman–Crippen MR) is 111 cm³/mol. The number of nitrogens with two attached hydrogens (primary N) is 1. The number of carbonyl (C=O) groups excluding carboxylic acids is 1. The van der Waals surface area contributed by atoms with E-state index < -0.39 is 0 Å². The molecule has 0 unspecified atom stereocenters. The Morgan fingerprint density at radius 3 is 2.22 bits per heavy atom. The van der Waals surface area contributed by atoms with Gasteiger partial charge in [0.2, 0.25) is 0 Å². The molecule has 0 fully saturated rings. The lowest BCUT2D eigenvalue weighted by molar-refractivity contribution is -0.719. The Kier molecular flexibility index (Phi) is 6.25. The normalized spacial score (nSPS) is 13.3. The smallest absolute Gasteiger partial charge is 0.285 e. The van der Waals surface area contributed by atoms with Crippen LogP contribution in [0, 0.1) is 0 Å². The van der Waals surface area contributed by atoms with Crippen molar-refractivity contribution in [1.29, 1.82) is 0 Å². The van der Waals surface area contributed by atoms with Gasteiger partial charge in [-0.3, -0.25) is 4.79 Å². The fourth-order valence-electron chi connectivity index (χ4n) is 3.77. The summed E-state index contributed by atoms with van der Waals surface area (Å²) in [5.41, 5.74) is 2.32. The molecule has 27 heavy (non-hydrogen) atoms. The third-order valence-corrected chi connectivity index (χ3v) is 5.29. The van der Waals surface area contributed by atoms with Crippen LogP contribution in [0.4, 0.5) is 0 Å². The number of quaternary nitrogens is 1. The third-order valence-electron chi connectivity index (χ3n) is 5.29. The highest BCUT2D eigenvalue weighted by atomic mass is 16.2. The van der Waals surface area contributed by atoms with Gasteiger partial charge in [0, 0.05) is 24.2 Å². The van der Waals surface area contributed by atoms with Crippen LogP contribution in [0.5, 0.6) is 0 Å². The molecule has 0 aliphatic carbocycles. The molecule has 3 aromatic carbocycles. The van der Waals surface area contributed by atoms with Gasteiger partial charge in [0.1, 0.15) is 6.04 Å². The van der Waals surface area contributed by atoms with E-state index >= 15 is 0 Å². The predicted octanol–water partition coefficient (Wildman–Crippen LogP) is 4.07. The molecule has 2 N–H and O–H groups in total. The van der Waals surface area contributed by atoms with Crippen molar-refractivity contribution in [1.82, 2.24) is 4.90 Å². The molecule has 0 heterocycles. The van der Waals surface area contributed by atoms with Crippen molar-refractivity contribution in [2.45, 2.75) is 32.9 Å². The topological polar surface area (TPSA) is 36.9 Å². The molecule has 0 saturated heterocycles. The van der Waals surface area contributed by atoms with Gasteiger partial charge in [-0.25, -0.2) is 0 Å². The van der Waals surface area contributed by atoms with E-state index in [-0.39, 0.29) is 18.0 Å². The minimum atomic E-state index is -0.236. The second-order valence-corrected chi connectivity index (χ2v) is 6.95. The number of rotatable bonds is 7. The van der Waals surface area contributed by atoms with Crippen molar-refractivity contribution in [2.75, 3.05) is 13.1 Å². The molecule has 0 aromatic heterocycles. The zero-order valence-corrected chi connectivity index (χ0v) is 16.4. The van der Waals surface area contributed by atoms with E-state index in [0.717, 1.165) is 18.7 Å². The molecule has 3 aromatic rings. The first-order valence-corrected chi connectivity index (χ1v) is 9.82. The molecular formula is C24H29N2O+. The average Bonchev–Trinajstić information content (AvgIpc) is 2.72. The maximum atomic E-state index is 13.2. The van der Waals surface area contributed by atoms with E-state index in [1.54, 1.807) is 0 Å². The molecule has 0 bridgehead atoms. The SMILES string of the molecule is CCN(CC)C(=O)[C@H]([NH2+][C@H](C)c1cccc2ccccc12)c1ccccc1. The van der Waals surface area contributed by atoms with Gasteiger partial charge in [0.15, 0.2) is 6.04 Å². The van der Waals surface area contributed by atoms with Gasteiger partial charge in [-0.15, -0.1) is 0 Å². The number of likely N-dealkylation sites (N-methyl/N-ethyl adjacent to an activating group) is 1. The lowest BCUT2D eigenvalue weighted by Gasteiger charge is -2.26. The van der Waals surface area contributed by atoms with E-state index in [4.69, 9.17) is 0 Å². The van der Waals surface area contributed by atoms with Crippen LogP contribution in [0.25, 0.3) is 10.8 Å². The molecule has 140 valence electrons. The average molecular weight is 362 g/mol. The van der Waals surface area contributed by atoms with E-state index in [1.807, 2.05) is 36.9 Å². The number of carbonyl (C=O) groups is 1. The van der Waals surface area contributed by atoms with Crippen molar-refractivity contribution in [3.8, 4) is 0 Å². The summed E-state index contributed by atoms with van der Waals surface area (Å²) in [4.78, 5) is 15.2. The highest BCUT2D eigenvalue weighted by Gasteiger charge is 2.30.